The van der Waals surface area contributed by atoms with Gasteiger partial charge >= 0.3 is 0 Å². The van der Waals surface area contributed by atoms with Gasteiger partial charge in [0.2, 0.25) is 5.96 Å². The van der Waals surface area contributed by atoms with E-state index >= 15 is 0 Å². The average Bonchev–Trinajstić information content (AvgIpc) is 2.97. The van der Waals surface area contributed by atoms with E-state index in [1.54, 1.807) is 0 Å². The van der Waals surface area contributed by atoms with Crippen molar-refractivity contribution in [2.45, 2.75) is 19.3 Å². The van der Waals surface area contributed by atoms with Gasteiger partial charge in [-0.05, 0) is 56.6 Å². The largest absolute Gasteiger partial charge is 0.494 e. The Morgan fingerprint density at radius 2 is 1.77 bits per heavy atom. The predicted molar refractivity (Wildman–Crippen MR) is 89.3 cm³/mol. The molecule has 1 heterocycles. The molecule has 0 bridgehead atoms. The molecule has 0 amide bonds. The van der Waals surface area contributed by atoms with E-state index in [1.165, 1.54) is 25.9 Å². The van der Waals surface area contributed by atoms with Crippen LogP contribution in [0.1, 0.15) is 19.3 Å². The molecule has 1 aromatic rings. The first-order valence-electron chi connectivity index (χ1n) is 7.52. The molecule has 22 heavy (non-hydrogen) atoms. The van der Waals surface area contributed by atoms with Gasteiger partial charge in [0.05, 0.1) is 12.3 Å². The summed E-state index contributed by atoms with van der Waals surface area (Å²) in [6, 6.07) is 7.34. The third-order valence-electron chi connectivity index (χ3n) is 3.41. The molecule has 0 atom stereocenters. The zero-order valence-electron chi connectivity index (χ0n) is 12.7. The molecular formula is C15H24N6O. The van der Waals surface area contributed by atoms with Crippen LogP contribution in [0.3, 0.4) is 0 Å². The molecule has 0 radical (unpaired) electrons. The van der Waals surface area contributed by atoms with Crippen LogP contribution in [0.2, 0.25) is 0 Å². The van der Waals surface area contributed by atoms with Crippen LogP contribution in [0, 0.1) is 0 Å². The maximum absolute atomic E-state index is 5.72. The van der Waals surface area contributed by atoms with E-state index in [1.807, 2.05) is 24.3 Å². The van der Waals surface area contributed by atoms with Crippen molar-refractivity contribution in [2.24, 2.45) is 27.2 Å². The number of aliphatic imine (C=N–C) groups is 2. The van der Waals surface area contributed by atoms with Crippen LogP contribution >= 0.6 is 0 Å². The standard InChI is InChI=1S/C15H24N6O/c16-14(17)20-15(18)19-12-4-6-13(7-5-12)22-11-3-10-21-8-1-2-9-21/h4-7H,1-3,8-11H2,(H6,16,17,18,19,20). The maximum atomic E-state index is 5.72. The molecule has 1 aliphatic rings. The van der Waals surface area contributed by atoms with Crippen LogP contribution in [0.25, 0.3) is 0 Å². The van der Waals surface area contributed by atoms with Crippen LogP contribution in [0.4, 0.5) is 5.69 Å². The van der Waals surface area contributed by atoms with Crippen molar-refractivity contribution >= 4 is 17.6 Å². The molecule has 1 aliphatic heterocycles. The number of likely N-dealkylation sites (tertiary alicyclic amines) is 1. The minimum Gasteiger partial charge on any atom is -0.494 e. The normalized spacial score (nSPS) is 15.7. The Hall–Kier alpha value is -2.28. The van der Waals surface area contributed by atoms with E-state index < -0.39 is 0 Å². The predicted octanol–water partition coefficient (Wildman–Crippen LogP) is 0.771. The highest BCUT2D eigenvalue weighted by atomic mass is 16.5. The minimum atomic E-state index is -0.112. The zero-order chi connectivity index (χ0) is 15.8. The van der Waals surface area contributed by atoms with E-state index in [0.29, 0.717) is 5.69 Å². The summed E-state index contributed by atoms with van der Waals surface area (Å²) in [5.74, 6) is 0.735. The number of hydrogen-bond acceptors (Lipinski definition) is 3. The number of benzene rings is 1. The minimum absolute atomic E-state index is 0.0271. The first-order valence-corrected chi connectivity index (χ1v) is 7.52. The Morgan fingerprint density at radius 1 is 1.09 bits per heavy atom. The lowest BCUT2D eigenvalue weighted by Crippen LogP contribution is -2.26. The molecule has 0 saturated carbocycles. The lowest BCUT2D eigenvalue weighted by atomic mass is 10.3. The van der Waals surface area contributed by atoms with Crippen molar-refractivity contribution < 1.29 is 4.74 Å². The highest BCUT2D eigenvalue weighted by Gasteiger charge is 2.10. The smallest absolute Gasteiger partial charge is 0.223 e. The molecule has 6 N–H and O–H groups in total. The summed E-state index contributed by atoms with van der Waals surface area (Å²) in [5, 5.41) is 0. The van der Waals surface area contributed by atoms with Crippen molar-refractivity contribution in [1.82, 2.24) is 4.90 Å². The van der Waals surface area contributed by atoms with Crippen LogP contribution in [-0.2, 0) is 0 Å². The molecule has 1 fully saturated rings. The van der Waals surface area contributed by atoms with E-state index in [0.717, 1.165) is 25.3 Å². The van der Waals surface area contributed by atoms with E-state index in [9.17, 15) is 0 Å². The van der Waals surface area contributed by atoms with Gasteiger partial charge in [0, 0.05) is 6.54 Å². The van der Waals surface area contributed by atoms with E-state index in [-0.39, 0.29) is 11.9 Å². The Kier molecular flexibility index (Phi) is 6.02. The number of guanidine groups is 2. The Balaban J connectivity index is 1.75. The fourth-order valence-corrected chi connectivity index (χ4v) is 2.39. The van der Waals surface area contributed by atoms with Gasteiger partial charge < -0.3 is 26.8 Å². The molecule has 0 unspecified atom stereocenters. The van der Waals surface area contributed by atoms with Crippen LogP contribution in [0.15, 0.2) is 34.3 Å². The Morgan fingerprint density at radius 3 is 2.41 bits per heavy atom. The highest BCUT2D eigenvalue weighted by Crippen LogP contribution is 2.18. The SMILES string of the molecule is NC(N)=NC(N)=Nc1ccc(OCCCN2CCCC2)cc1. The topological polar surface area (TPSA) is 115 Å². The molecule has 0 aromatic heterocycles. The van der Waals surface area contributed by atoms with Crippen molar-refractivity contribution in [2.75, 3.05) is 26.2 Å². The molecule has 120 valence electrons. The van der Waals surface area contributed by atoms with Crippen molar-refractivity contribution in [3.63, 3.8) is 0 Å². The molecule has 7 heteroatoms. The first kappa shape index (κ1) is 16.1. The summed E-state index contributed by atoms with van der Waals surface area (Å²) in [6.07, 6.45) is 3.69. The van der Waals surface area contributed by atoms with Gasteiger partial charge in [-0.2, -0.15) is 4.99 Å². The quantitative estimate of drug-likeness (QED) is 0.408. The van der Waals surface area contributed by atoms with Crippen molar-refractivity contribution in [3.8, 4) is 5.75 Å². The fourth-order valence-electron chi connectivity index (χ4n) is 2.39. The van der Waals surface area contributed by atoms with E-state index in [2.05, 4.69) is 14.9 Å². The Labute approximate surface area is 130 Å². The lowest BCUT2D eigenvalue weighted by Gasteiger charge is -2.14. The van der Waals surface area contributed by atoms with Crippen LogP contribution < -0.4 is 21.9 Å². The van der Waals surface area contributed by atoms with Gasteiger partial charge in [0.1, 0.15) is 5.75 Å². The van der Waals surface area contributed by atoms with Gasteiger partial charge in [0.15, 0.2) is 5.96 Å². The monoisotopic (exact) mass is 304 g/mol. The number of nitrogens with zero attached hydrogens (tertiary/aromatic N) is 3. The summed E-state index contributed by atoms with van der Waals surface area (Å²) in [7, 11) is 0. The number of ether oxygens (including phenoxy) is 1. The number of nitrogens with two attached hydrogens (primary N) is 3. The molecule has 0 aliphatic carbocycles. The van der Waals surface area contributed by atoms with Crippen molar-refractivity contribution in [3.05, 3.63) is 24.3 Å². The van der Waals surface area contributed by atoms with Crippen molar-refractivity contribution in [1.29, 1.82) is 0 Å². The van der Waals surface area contributed by atoms with Gasteiger partial charge in [-0.3, -0.25) is 0 Å². The van der Waals surface area contributed by atoms with Crippen LogP contribution in [0.5, 0.6) is 5.75 Å². The molecule has 7 nitrogen and oxygen atoms in total. The fraction of sp³-hybridized carbons (Fsp3) is 0.467. The maximum Gasteiger partial charge on any atom is 0.223 e. The van der Waals surface area contributed by atoms with Gasteiger partial charge in [-0.25, -0.2) is 4.99 Å². The molecule has 1 aromatic carbocycles. The number of hydrogen-bond donors (Lipinski definition) is 3. The average molecular weight is 304 g/mol. The molecule has 2 rings (SSSR count). The summed E-state index contributed by atoms with van der Waals surface area (Å²) >= 11 is 0. The van der Waals surface area contributed by atoms with Crippen LogP contribution in [-0.4, -0.2) is 43.1 Å². The highest BCUT2D eigenvalue weighted by molar-refractivity contribution is 5.93. The second-order valence-electron chi connectivity index (χ2n) is 5.25. The van der Waals surface area contributed by atoms with Gasteiger partial charge in [0.25, 0.3) is 0 Å². The van der Waals surface area contributed by atoms with Gasteiger partial charge in [-0.15, -0.1) is 0 Å². The third kappa shape index (κ3) is 5.61. The summed E-state index contributed by atoms with van der Waals surface area (Å²) < 4.78 is 5.72. The van der Waals surface area contributed by atoms with E-state index in [4.69, 9.17) is 21.9 Å². The third-order valence-corrected chi connectivity index (χ3v) is 3.41. The second kappa shape index (κ2) is 8.23. The molecule has 0 spiro atoms. The first-order chi connectivity index (χ1) is 10.6. The summed E-state index contributed by atoms with van der Waals surface area (Å²) in [6.45, 7) is 4.28. The van der Waals surface area contributed by atoms with Gasteiger partial charge in [-0.1, -0.05) is 0 Å². The zero-order valence-corrected chi connectivity index (χ0v) is 12.7. The second-order valence-corrected chi connectivity index (χ2v) is 5.25. The lowest BCUT2D eigenvalue weighted by molar-refractivity contribution is 0.263. The molecule has 1 saturated heterocycles. The number of rotatable bonds is 6. The summed E-state index contributed by atoms with van der Waals surface area (Å²) in [5.41, 5.74) is 16.7. The summed E-state index contributed by atoms with van der Waals surface area (Å²) in [4.78, 5) is 10.2. The Bertz CT molecular complexity index is 515. The molecular weight excluding hydrogens is 280 g/mol.